The fourth-order valence-corrected chi connectivity index (χ4v) is 3.00. The normalized spacial score (nSPS) is 28.8. The van der Waals surface area contributed by atoms with Crippen LogP contribution in [0.4, 0.5) is 4.79 Å². The number of carbonyl (C=O) groups excluding carboxylic acids is 2. The number of hydrogen-bond donors (Lipinski definition) is 3. The zero-order valence-corrected chi connectivity index (χ0v) is 10.6. The molecule has 0 aliphatic carbocycles. The summed E-state index contributed by atoms with van der Waals surface area (Å²) in [7, 11) is 0. The van der Waals surface area contributed by atoms with E-state index in [2.05, 4.69) is 16.0 Å². The Labute approximate surface area is 105 Å². The van der Waals surface area contributed by atoms with Crippen molar-refractivity contribution >= 4 is 22.9 Å². The van der Waals surface area contributed by atoms with Crippen molar-refractivity contribution in [3.05, 3.63) is 0 Å². The zero-order chi connectivity index (χ0) is 12.1. The molecule has 0 aromatic heterocycles. The number of piperidine rings is 1. The molecule has 2 rings (SSSR count). The van der Waals surface area contributed by atoms with Gasteiger partial charge in [-0.05, 0) is 38.3 Å². The molecule has 17 heavy (non-hydrogen) atoms. The quantitative estimate of drug-likeness (QED) is 0.678. The van der Waals surface area contributed by atoms with Crippen LogP contribution in [0.15, 0.2) is 0 Å². The molecule has 2 atom stereocenters. The van der Waals surface area contributed by atoms with Crippen LogP contribution in [0.1, 0.15) is 19.3 Å². The lowest BCUT2D eigenvalue weighted by Crippen LogP contribution is -2.43. The molecule has 2 amide bonds. The second-order valence-corrected chi connectivity index (χ2v) is 5.58. The Kier molecular flexibility index (Phi) is 4.67. The number of nitrogens with one attached hydrogen (secondary N) is 3. The van der Waals surface area contributed by atoms with Gasteiger partial charge in [-0.25, -0.2) is 0 Å². The van der Waals surface area contributed by atoms with Crippen LogP contribution in [0.3, 0.4) is 0 Å². The molecule has 96 valence electrons. The highest BCUT2D eigenvalue weighted by Crippen LogP contribution is 2.14. The third-order valence-electron chi connectivity index (χ3n) is 3.24. The number of amides is 2. The summed E-state index contributed by atoms with van der Waals surface area (Å²) < 4.78 is 0. The van der Waals surface area contributed by atoms with Gasteiger partial charge in [0.25, 0.3) is 5.24 Å². The van der Waals surface area contributed by atoms with E-state index in [9.17, 15) is 9.59 Å². The molecular formula is C11H19N3O2S. The topological polar surface area (TPSA) is 70.2 Å². The first-order valence-electron chi connectivity index (χ1n) is 6.17. The van der Waals surface area contributed by atoms with Crippen molar-refractivity contribution in [2.24, 2.45) is 5.92 Å². The predicted molar refractivity (Wildman–Crippen MR) is 68.0 cm³/mol. The summed E-state index contributed by atoms with van der Waals surface area (Å²) in [4.78, 5) is 22.6. The van der Waals surface area contributed by atoms with Gasteiger partial charge in [-0.3, -0.25) is 9.59 Å². The first-order valence-corrected chi connectivity index (χ1v) is 7.16. The molecule has 0 spiro atoms. The Balaban J connectivity index is 1.61. The molecule has 2 fully saturated rings. The van der Waals surface area contributed by atoms with E-state index < -0.39 is 0 Å². The number of thioether (sulfide) groups is 1. The Bertz CT molecular complexity index is 292. The summed E-state index contributed by atoms with van der Waals surface area (Å²) >= 11 is 1.17. The van der Waals surface area contributed by atoms with Gasteiger partial charge in [0.1, 0.15) is 6.04 Å². The Morgan fingerprint density at radius 3 is 3.06 bits per heavy atom. The average molecular weight is 257 g/mol. The molecule has 0 aromatic carbocycles. The van der Waals surface area contributed by atoms with E-state index in [-0.39, 0.29) is 17.2 Å². The number of carbonyl (C=O) groups is 2. The molecule has 0 radical (unpaired) electrons. The molecule has 2 saturated heterocycles. The SMILES string of the molecule is O=C1N[C@H](C(=O)NCCC2CCCNC2)CS1. The Morgan fingerprint density at radius 1 is 1.53 bits per heavy atom. The van der Waals surface area contributed by atoms with Gasteiger partial charge in [0, 0.05) is 12.3 Å². The molecule has 1 unspecified atom stereocenters. The van der Waals surface area contributed by atoms with Crippen LogP contribution in [0.25, 0.3) is 0 Å². The second kappa shape index (κ2) is 6.26. The van der Waals surface area contributed by atoms with E-state index in [1.54, 1.807) is 0 Å². The van der Waals surface area contributed by atoms with E-state index in [0.717, 1.165) is 19.5 Å². The van der Waals surface area contributed by atoms with Gasteiger partial charge in [0.15, 0.2) is 0 Å². The van der Waals surface area contributed by atoms with Crippen LogP contribution in [-0.4, -0.2) is 42.6 Å². The maximum Gasteiger partial charge on any atom is 0.279 e. The van der Waals surface area contributed by atoms with Crippen LogP contribution < -0.4 is 16.0 Å². The van der Waals surface area contributed by atoms with Crippen molar-refractivity contribution < 1.29 is 9.59 Å². The van der Waals surface area contributed by atoms with Crippen molar-refractivity contribution in [2.75, 3.05) is 25.4 Å². The fraction of sp³-hybridized carbons (Fsp3) is 0.818. The van der Waals surface area contributed by atoms with E-state index >= 15 is 0 Å². The molecule has 3 N–H and O–H groups in total. The van der Waals surface area contributed by atoms with Crippen molar-refractivity contribution in [3.8, 4) is 0 Å². The van der Waals surface area contributed by atoms with Gasteiger partial charge in [-0.2, -0.15) is 0 Å². The minimum absolute atomic E-state index is 0.0490. The molecule has 0 aromatic rings. The van der Waals surface area contributed by atoms with E-state index in [1.165, 1.54) is 24.6 Å². The van der Waals surface area contributed by atoms with Gasteiger partial charge < -0.3 is 16.0 Å². The van der Waals surface area contributed by atoms with Gasteiger partial charge in [-0.1, -0.05) is 11.8 Å². The van der Waals surface area contributed by atoms with Gasteiger partial charge in [0.2, 0.25) is 5.91 Å². The second-order valence-electron chi connectivity index (χ2n) is 4.59. The summed E-state index contributed by atoms with van der Waals surface area (Å²) in [6, 6.07) is -0.336. The predicted octanol–water partition coefficient (Wildman–Crippen LogP) is 0.317. The van der Waals surface area contributed by atoms with Crippen LogP contribution in [-0.2, 0) is 4.79 Å². The summed E-state index contributed by atoms with van der Waals surface area (Å²) in [5.41, 5.74) is 0. The zero-order valence-electron chi connectivity index (χ0n) is 9.83. The molecular weight excluding hydrogens is 238 g/mol. The van der Waals surface area contributed by atoms with Gasteiger partial charge in [0.05, 0.1) is 0 Å². The minimum atomic E-state index is -0.336. The maximum atomic E-state index is 11.7. The molecule has 5 nitrogen and oxygen atoms in total. The lowest BCUT2D eigenvalue weighted by molar-refractivity contribution is -0.122. The molecule has 6 heteroatoms. The molecule has 2 heterocycles. The fourth-order valence-electron chi connectivity index (χ4n) is 2.22. The van der Waals surface area contributed by atoms with E-state index in [4.69, 9.17) is 0 Å². The highest BCUT2D eigenvalue weighted by atomic mass is 32.2. The molecule has 0 bridgehead atoms. The van der Waals surface area contributed by atoms with Crippen molar-refractivity contribution in [2.45, 2.75) is 25.3 Å². The number of rotatable bonds is 4. The van der Waals surface area contributed by atoms with E-state index in [0.29, 0.717) is 18.2 Å². The summed E-state index contributed by atoms with van der Waals surface area (Å²) in [6.07, 6.45) is 3.50. The van der Waals surface area contributed by atoms with Crippen LogP contribution in [0.2, 0.25) is 0 Å². The summed E-state index contributed by atoms with van der Waals surface area (Å²) in [5.74, 6) is 1.18. The third-order valence-corrected chi connectivity index (χ3v) is 4.12. The monoisotopic (exact) mass is 257 g/mol. The highest BCUT2D eigenvalue weighted by Gasteiger charge is 2.27. The van der Waals surface area contributed by atoms with E-state index in [1.807, 2.05) is 0 Å². The smallest absolute Gasteiger partial charge is 0.279 e. The van der Waals surface area contributed by atoms with Crippen LogP contribution in [0, 0.1) is 5.92 Å². The van der Waals surface area contributed by atoms with Crippen molar-refractivity contribution in [3.63, 3.8) is 0 Å². The highest BCUT2D eigenvalue weighted by molar-refractivity contribution is 8.14. The number of hydrogen-bond acceptors (Lipinski definition) is 4. The first kappa shape index (κ1) is 12.7. The summed E-state index contributed by atoms with van der Waals surface area (Å²) in [5, 5.41) is 8.80. The standard InChI is InChI=1S/C11H19N3O2S/c15-10(9-7-17-11(16)14-9)13-5-3-8-2-1-4-12-6-8/h8-9,12H,1-7H2,(H,13,15)(H,14,16)/t8?,9-/m0/s1. The molecule has 2 aliphatic heterocycles. The van der Waals surface area contributed by atoms with Crippen molar-refractivity contribution in [1.82, 2.24) is 16.0 Å². The average Bonchev–Trinajstić information content (AvgIpc) is 2.77. The molecule has 0 saturated carbocycles. The minimum Gasteiger partial charge on any atom is -0.354 e. The third kappa shape index (κ3) is 3.89. The largest absolute Gasteiger partial charge is 0.354 e. The van der Waals surface area contributed by atoms with Crippen LogP contribution >= 0.6 is 11.8 Å². The lowest BCUT2D eigenvalue weighted by Gasteiger charge is -2.22. The lowest BCUT2D eigenvalue weighted by atomic mass is 9.96. The maximum absolute atomic E-state index is 11.7. The summed E-state index contributed by atoms with van der Waals surface area (Å²) in [6.45, 7) is 2.89. The van der Waals surface area contributed by atoms with Crippen molar-refractivity contribution in [1.29, 1.82) is 0 Å². The van der Waals surface area contributed by atoms with Gasteiger partial charge in [-0.15, -0.1) is 0 Å². The Hall–Kier alpha value is -0.750. The Morgan fingerprint density at radius 2 is 2.41 bits per heavy atom. The van der Waals surface area contributed by atoms with Crippen LogP contribution in [0.5, 0.6) is 0 Å². The first-order chi connectivity index (χ1) is 8.25. The molecule has 2 aliphatic rings. The van der Waals surface area contributed by atoms with Gasteiger partial charge >= 0.3 is 0 Å².